The number of amides is 2. The van der Waals surface area contributed by atoms with E-state index in [1.165, 1.54) is 24.1 Å². The largest absolute Gasteiger partial charge is 0.285 e. The Morgan fingerprint density at radius 2 is 1.74 bits per heavy atom. The minimum absolute atomic E-state index is 0.0232. The molecule has 1 fully saturated rings. The standard InChI is InChI=1S/C17H16N2O4/c1-3-10-8-14-15(17(21)18(2)16(14)20)9-13(10)11-4-6-12(7-5-11)19(22)23/h3-7,14-15H,1,8-9H2,2H3/t14-,15+/m0/s1. The second kappa shape index (κ2) is 5.46. The van der Waals surface area contributed by atoms with E-state index in [0.717, 1.165) is 16.7 Å². The number of nitro benzene ring substituents is 1. The number of hydrogen-bond acceptors (Lipinski definition) is 4. The molecule has 0 spiro atoms. The van der Waals surface area contributed by atoms with Crippen molar-refractivity contribution < 1.29 is 14.5 Å². The van der Waals surface area contributed by atoms with Gasteiger partial charge >= 0.3 is 0 Å². The van der Waals surface area contributed by atoms with Crippen LogP contribution in [0.2, 0.25) is 0 Å². The lowest BCUT2D eigenvalue weighted by Crippen LogP contribution is -2.26. The van der Waals surface area contributed by atoms with Gasteiger partial charge in [-0.25, -0.2) is 0 Å². The summed E-state index contributed by atoms with van der Waals surface area (Å²) in [5.41, 5.74) is 2.72. The Kier molecular flexibility index (Phi) is 3.60. The number of non-ortho nitro benzene ring substituents is 1. The zero-order valence-electron chi connectivity index (χ0n) is 12.7. The third-order valence-electron chi connectivity index (χ3n) is 4.71. The first-order valence-corrected chi connectivity index (χ1v) is 7.34. The molecule has 1 aromatic carbocycles. The average molecular weight is 312 g/mol. The van der Waals surface area contributed by atoms with Crippen molar-refractivity contribution in [2.75, 3.05) is 7.05 Å². The molecular formula is C17H16N2O4. The maximum Gasteiger partial charge on any atom is 0.269 e. The number of fused-ring (bicyclic) bond motifs is 1. The van der Waals surface area contributed by atoms with Crippen molar-refractivity contribution in [1.82, 2.24) is 4.90 Å². The van der Waals surface area contributed by atoms with E-state index < -0.39 is 4.92 Å². The molecule has 6 nitrogen and oxygen atoms in total. The van der Waals surface area contributed by atoms with Crippen LogP contribution in [0.4, 0.5) is 5.69 Å². The van der Waals surface area contributed by atoms with Crippen LogP contribution < -0.4 is 0 Å². The van der Waals surface area contributed by atoms with Gasteiger partial charge in [0.25, 0.3) is 5.69 Å². The molecule has 3 rings (SSSR count). The Balaban J connectivity index is 1.99. The Labute approximate surface area is 133 Å². The van der Waals surface area contributed by atoms with Crippen molar-refractivity contribution in [3.8, 4) is 0 Å². The van der Waals surface area contributed by atoms with Gasteiger partial charge < -0.3 is 0 Å². The summed E-state index contributed by atoms with van der Waals surface area (Å²) in [6.45, 7) is 3.81. The molecule has 23 heavy (non-hydrogen) atoms. The van der Waals surface area contributed by atoms with Crippen LogP contribution in [0.5, 0.6) is 0 Å². The zero-order valence-corrected chi connectivity index (χ0v) is 12.7. The van der Waals surface area contributed by atoms with Gasteiger partial charge in [-0.3, -0.25) is 24.6 Å². The van der Waals surface area contributed by atoms with Crippen LogP contribution in [0, 0.1) is 22.0 Å². The normalized spacial score (nSPS) is 24.0. The number of likely N-dealkylation sites (tertiary alicyclic amines) is 1. The molecule has 6 heteroatoms. The van der Waals surface area contributed by atoms with E-state index in [2.05, 4.69) is 6.58 Å². The van der Waals surface area contributed by atoms with Crippen LogP contribution in [-0.4, -0.2) is 28.7 Å². The molecule has 1 heterocycles. The van der Waals surface area contributed by atoms with Crippen molar-refractivity contribution in [3.63, 3.8) is 0 Å². The van der Waals surface area contributed by atoms with Gasteiger partial charge in [0.2, 0.25) is 11.8 Å². The van der Waals surface area contributed by atoms with Gasteiger partial charge in [-0.2, -0.15) is 0 Å². The lowest BCUT2D eigenvalue weighted by atomic mass is 9.75. The van der Waals surface area contributed by atoms with Crippen LogP contribution >= 0.6 is 0 Å². The number of nitrogens with zero attached hydrogens (tertiary/aromatic N) is 2. The number of carbonyl (C=O) groups excluding carboxylic acids is 2. The number of carbonyl (C=O) groups is 2. The summed E-state index contributed by atoms with van der Waals surface area (Å²) in [6, 6.07) is 6.26. The van der Waals surface area contributed by atoms with Crippen LogP contribution in [-0.2, 0) is 9.59 Å². The Morgan fingerprint density at radius 1 is 1.17 bits per heavy atom. The molecule has 1 aromatic rings. The smallest absolute Gasteiger partial charge is 0.269 e. The van der Waals surface area contributed by atoms with Crippen molar-refractivity contribution in [2.24, 2.45) is 11.8 Å². The van der Waals surface area contributed by atoms with E-state index >= 15 is 0 Å². The van der Waals surface area contributed by atoms with Crippen molar-refractivity contribution in [1.29, 1.82) is 0 Å². The molecular weight excluding hydrogens is 296 g/mol. The molecule has 0 saturated carbocycles. The second-order valence-corrected chi connectivity index (χ2v) is 5.87. The molecule has 1 saturated heterocycles. The Morgan fingerprint density at radius 3 is 2.26 bits per heavy atom. The first-order valence-electron chi connectivity index (χ1n) is 7.34. The SMILES string of the molecule is C=CC1=C(c2ccc([N+](=O)[O-])cc2)C[C@H]2C(=O)N(C)C(=O)[C@H]2C1. The lowest BCUT2D eigenvalue weighted by Gasteiger charge is -2.26. The Hall–Kier alpha value is -2.76. The first kappa shape index (κ1) is 15.1. The van der Waals surface area contributed by atoms with Crippen molar-refractivity contribution in [2.45, 2.75) is 12.8 Å². The van der Waals surface area contributed by atoms with Crippen LogP contribution in [0.1, 0.15) is 18.4 Å². The summed E-state index contributed by atoms with van der Waals surface area (Å²) in [4.78, 5) is 35.9. The first-order chi connectivity index (χ1) is 10.9. The number of nitro groups is 1. The molecule has 2 atom stereocenters. The summed E-state index contributed by atoms with van der Waals surface area (Å²) >= 11 is 0. The topological polar surface area (TPSA) is 80.5 Å². The fourth-order valence-corrected chi connectivity index (χ4v) is 3.41. The number of hydrogen-bond donors (Lipinski definition) is 0. The van der Waals surface area contributed by atoms with Gasteiger partial charge in [0.1, 0.15) is 0 Å². The summed E-state index contributed by atoms with van der Waals surface area (Å²) < 4.78 is 0. The number of rotatable bonds is 3. The third-order valence-corrected chi connectivity index (χ3v) is 4.71. The molecule has 0 aromatic heterocycles. The quantitative estimate of drug-likeness (QED) is 0.488. The van der Waals surface area contributed by atoms with Gasteiger partial charge in [-0.1, -0.05) is 12.7 Å². The van der Waals surface area contributed by atoms with Crippen LogP contribution in [0.25, 0.3) is 5.57 Å². The van der Waals surface area contributed by atoms with Crippen LogP contribution in [0.15, 0.2) is 42.5 Å². The highest BCUT2D eigenvalue weighted by atomic mass is 16.6. The van der Waals surface area contributed by atoms with Gasteiger partial charge in [0.05, 0.1) is 16.8 Å². The minimum atomic E-state index is -0.447. The fourth-order valence-electron chi connectivity index (χ4n) is 3.41. The molecule has 118 valence electrons. The fraction of sp³-hybridized carbons (Fsp3) is 0.294. The highest BCUT2D eigenvalue weighted by Gasteiger charge is 2.48. The minimum Gasteiger partial charge on any atom is -0.285 e. The van der Waals surface area contributed by atoms with Crippen molar-refractivity contribution in [3.05, 3.63) is 58.2 Å². The molecule has 0 unspecified atom stereocenters. The van der Waals surface area contributed by atoms with E-state index in [9.17, 15) is 19.7 Å². The van der Waals surface area contributed by atoms with Crippen LogP contribution in [0.3, 0.4) is 0 Å². The van der Waals surface area contributed by atoms with E-state index in [0.29, 0.717) is 12.8 Å². The van der Waals surface area contributed by atoms with E-state index in [1.807, 2.05) is 0 Å². The predicted molar refractivity (Wildman–Crippen MR) is 84.2 cm³/mol. The number of allylic oxidation sites excluding steroid dienone is 3. The van der Waals surface area contributed by atoms with Crippen molar-refractivity contribution >= 4 is 23.1 Å². The maximum absolute atomic E-state index is 12.2. The summed E-state index contributed by atoms with van der Waals surface area (Å²) in [7, 11) is 1.52. The zero-order chi connectivity index (χ0) is 16.7. The summed E-state index contributed by atoms with van der Waals surface area (Å²) in [6.07, 6.45) is 2.65. The van der Waals surface area contributed by atoms with E-state index in [1.54, 1.807) is 18.2 Å². The Bertz CT molecular complexity index is 748. The summed E-state index contributed by atoms with van der Waals surface area (Å²) in [5, 5.41) is 10.8. The maximum atomic E-state index is 12.2. The lowest BCUT2D eigenvalue weighted by molar-refractivity contribution is -0.384. The van der Waals surface area contributed by atoms with Gasteiger partial charge in [-0.15, -0.1) is 0 Å². The molecule has 1 aliphatic carbocycles. The number of imide groups is 1. The molecule has 1 aliphatic heterocycles. The second-order valence-electron chi connectivity index (χ2n) is 5.87. The van der Waals surface area contributed by atoms with Gasteiger partial charge in [0, 0.05) is 19.2 Å². The number of benzene rings is 1. The highest BCUT2D eigenvalue weighted by molar-refractivity contribution is 6.06. The van der Waals surface area contributed by atoms with Gasteiger partial charge in [0.15, 0.2) is 0 Å². The summed E-state index contributed by atoms with van der Waals surface area (Å²) in [5.74, 6) is -0.951. The highest BCUT2D eigenvalue weighted by Crippen LogP contribution is 2.44. The monoisotopic (exact) mass is 312 g/mol. The average Bonchev–Trinajstić information content (AvgIpc) is 2.78. The molecule has 2 amide bonds. The van der Waals surface area contributed by atoms with E-state index in [-0.39, 0.29) is 29.3 Å². The molecule has 0 radical (unpaired) electrons. The molecule has 0 N–H and O–H groups in total. The third kappa shape index (κ3) is 2.36. The van der Waals surface area contributed by atoms with E-state index in [4.69, 9.17) is 0 Å². The molecule has 0 bridgehead atoms. The predicted octanol–water partition coefficient (Wildman–Crippen LogP) is 2.56. The molecule has 2 aliphatic rings. The van der Waals surface area contributed by atoms with Gasteiger partial charge in [-0.05, 0) is 41.7 Å².